The number of hydrogen-bond acceptors (Lipinski definition) is 2. The lowest BCUT2D eigenvalue weighted by Gasteiger charge is -2.16. The van der Waals surface area contributed by atoms with Gasteiger partial charge in [-0.3, -0.25) is 0 Å². The minimum atomic E-state index is 0.550. The Hall–Kier alpha value is -1.96. The van der Waals surface area contributed by atoms with Crippen molar-refractivity contribution in [1.82, 2.24) is 0 Å². The maximum atomic E-state index is 3.52. The third-order valence-electron chi connectivity index (χ3n) is 4.41. The Morgan fingerprint density at radius 3 is 1.43 bits per heavy atom. The maximum absolute atomic E-state index is 3.52. The smallest absolute Gasteiger partial charge is 0.0849 e. The van der Waals surface area contributed by atoms with E-state index in [1.807, 2.05) is 0 Å². The first-order chi connectivity index (χ1) is 10.9. The molecule has 0 unspecified atom stereocenters. The van der Waals surface area contributed by atoms with Crippen molar-refractivity contribution in [2.45, 2.75) is 53.4 Å². The standard InChI is InChI=1S/C21H30N2/c1-14(2)18-9-7-16(5)20(11-18)22-13-23-21-12-19(15(3)4)10-8-17(21)6/h7-12,14-15,22-23H,13H2,1-6H3. The molecule has 0 atom stereocenters. The van der Waals surface area contributed by atoms with Crippen LogP contribution < -0.4 is 10.6 Å². The van der Waals surface area contributed by atoms with Gasteiger partial charge in [-0.1, -0.05) is 52.0 Å². The Morgan fingerprint density at radius 1 is 0.696 bits per heavy atom. The van der Waals surface area contributed by atoms with Crippen molar-refractivity contribution >= 4 is 11.4 Å². The van der Waals surface area contributed by atoms with Gasteiger partial charge in [-0.2, -0.15) is 0 Å². The maximum Gasteiger partial charge on any atom is 0.0849 e. The topological polar surface area (TPSA) is 24.1 Å². The number of rotatable bonds is 6. The minimum absolute atomic E-state index is 0.550. The summed E-state index contributed by atoms with van der Waals surface area (Å²) in [4.78, 5) is 0. The van der Waals surface area contributed by atoms with Crippen LogP contribution in [0.25, 0.3) is 0 Å². The quantitative estimate of drug-likeness (QED) is 0.636. The van der Waals surface area contributed by atoms with Gasteiger partial charge in [0.15, 0.2) is 0 Å². The van der Waals surface area contributed by atoms with Crippen molar-refractivity contribution in [1.29, 1.82) is 0 Å². The summed E-state index contributed by atoms with van der Waals surface area (Å²) >= 11 is 0. The summed E-state index contributed by atoms with van der Waals surface area (Å²) in [6.45, 7) is 13.9. The lowest BCUT2D eigenvalue weighted by molar-refractivity contribution is 0.865. The predicted molar refractivity (Wildman–Crippen MR) is 103 cm³/mol. The summed E-state index contributed by atoms with van der Waals surface area (Å²) in [7, 11) is 0. The molecule has 0 heterocycles. The van der Waals surface area contributed by atoms with E-state index in [1.165, 1.54) is 33.6 Å². The van der Waals surface area contributed by atoms with E-state index >= 15 is 0 Å². The molecule has 0 amide bonds. The van der Waals surface area contributed by atoms with Gasteiger partial charge in [0.1, 0.15) is 0 Å². The fourth-order valence-corrected chi connectivity index (χ4v) is 2.61. The molecule has 124 valence electrons. The largest absolute Gasteiger partial charge is 0.368 e. The Labute approximate surface area is 141 Å². The fourth-order valence-electron chi connectivity index (χ4n) is 2.61. The molecular formula is C21H30N2. The van der Waals surface area contributed by atoms with Crippen molar-refractivity contribution in [2.24, 2.45) is 0 Å². The molecule has 0 radical (unpaired) electrons. The summed E-state index contributed by atoms with van der Waals surface area (Å²) in [5, 5.41) is 7.04. The van der Waals surface area contributed by atoms with Crippen LogP contribution >= 0.6 is 0 Å². The first kappa shape index (κ1) is 17.4. The van der Waals surface area contributed by atoms with E-state index in [0.29, 0.717) is 11.8 Å². The van der Waals surface area contributed by atoms with E-state index in [-0.39, 0.29) is 0 Å². The summed E-state index contributed by atoms with van der Waals surface area (Å²) < 4.78 is 0. The molecule has 2 aromatic rings. The van der Waals surface area contributed by atoms with Crippen molar-refractivity contribution in [3.8, 4) is 0 Å². The third kappa shape index (κ3) is 4.51. The third-order valence-corrected chi connectivity index (χ3v) is 4.41. The van der Waals surface area contributed by atoms with E-state index in [2.05, 4.69) is 88.6 Å². The molecule has 23 heavy (non-hydrogen) atoms. The van der Waals surface area contributed by atoms with Gasteiger partial charge in [-0.05, 0) is 60.1 Å². The van der Waals surface area contributed by atoms with Crippen molar-refractivity contribution in [2.75, 3.05) is 17.3 Å². The highest BCUT2D eigenvalue weighted by Crippen LogP contribution is 2.24. The van der Waals surface area contributed by atoms with Crippen LogP contribution in [-0.2, 0) is 0 Å². The van der Waals surface area contributed by atoms with Gasteiger partial charge in [0.25, 0.3) is 0 Å². The first-order valence-corrected chi connectivity index (χ1v) is 8.57. The molecule has 2 N–H and O–H groups in total. The van der Waals surface area contributed by atoms with E-state index in [0.717, 1.165) is 6.67 Å². The highest BCUT2D eigenvalue weighted by molar-refractivity contribution is 5.57. The van der Waals surface area contributed by atoms with Gasteiger partial charge in [0.2, 0.25) is 0 Å². The molecule has 0 bridgehead atoms. The van der Waals surface area contributed by atoms with Crippen LogP contribution in [0.1, 0.15) is 61.8 Å². The van der Waals surface area contributed by atoms with Crippen LogP contribution in [0.3, 0.4) is 0 Å². The average Bonchev–Trinajstić information content (AvgIpc) is 2.50. The summed E-state index contributed by atoms with van der Waals surface area (Å²) in [5.41, 5.74) is 7.72. The zero-order chi connectivity index (χ0) is 17.0. The zero-order valence-electron chi connectivity index (χ0n) is 15.3. The van der Waals surface area contributed by atoms with Crippen LogP contribution in [0.2, 0.25) is 0 Å². The number of hydrogen-bond donors (Lipinski definition) is 2. The highest BCUT2D eigenvalue weighted by atomic mass is 15.1. The van der Waals surface area contributed by atoms with Crippen molar-refractivity contribution in [3.63, 3.8) is 0 Å². The van der Waals surface area contributed by atoms with E-state index < -0.39 is 0 Å². The van der Waals surface area contributed by atoms with Crippen LogP contribution in [0.15, 0.2) is 36.4 Å². The molecule has 2 heteroatoms. The van der Waals surface area contributed by atoms with Gasteiger partial charge in [0, 0.05) is 11.4 Å². The molecule has 0 aliphatic rings. The fraction of sp³-hybridized carbons (Fsp3) is 0.429. The monoisotopic (exact) mass is 310 g/mol. The van der Waals surface area contributed by atoms with Gasteiger partial charge < -0.3 is 10.6 Å². The Kier molecular flexibility index (Phi) is 5.70. The van der Waals surface area contributed by atoms with Crippen LogP contribution in [-0.4, -0.2) is 6.67 Å². The minimum Gasteiger partial charge on any atom is -0.368 e. The zero-order valence-corrected chi connectivity index (χ0v) is 15.3. The van der Waals surface area contributed by atoms with Crippen LogP contribution in [0.5, 0.6) is 0 Å². The van der Waals surface area contributed by atoms with Gasteiger partial charge in [-0.15, -0.1) is 0 Å². The average molecular weight is 310 g/mol. The molecule has 2 nitrogen and oxygen atoms in total. The van der Waals surface area contributed by atoms with E-state index in [4.69, 9.17) is 0 Å². The van der Waals surface area contributed by atoms with Gasteiger partial charge >= 0.3 is 0 Å². The number of anilines is 2. The molecule has 0 fully saturated rings. The molecule has 2 aromatic carbocycles. The molecule has 2 rings (SSSR count). The Morgan fingerprint density at radius 2 is 1.09 bits per heavy atom. The van der Waals surface area contributed by atoms with Crippen molar-refractivity contribution < 1.29 is 0 Å². The number of aryl methyl sites for hydroxylation is 2. The molecular weight excluding hydrogens is 280 g/mol. The van der Waals surface area contributed by atoms with E-state index in [1.54, 1.807) is 0 Å². The Bertz CT molecular complexity index is 599. The summed E-state index contributed by atoms with van der Waals surface area (Å²) in [5.74, 6) is 1.10. The SMILES string of the molecule is Cc1ccc(C(C)C)cc1NCNc1cc(C(C)C)ccc1C. The second kappa shape index (κ2) is 7.54. The molecule has 0 aromatic heterocycles. The molecule has 0 saturated heterocycles. The van der Waals surface area contributed by atoms with Crippen LogP contribution in [0, 0.1) is 13.8 Å². The second-order valence-corrected chi connectivity index (χ2v) is 6.99. The van der Waals surface area contributed by atoms with Crippen LogP contribution in [0.4, 0.5) is 11.4 Å². The molecule has 0 aliphatic heterocycles. The van der Waals surface area contributed by atoms with E-state index in [9.17, 15) is 0 Å². The summed E-state index contributed by atoms with van der Waals surface area (Å²) in [6, 6.07) is 13.4. The number of benzene rings is 2. The van der Waals surface area contributed by atoms with Crippen molar-refractivity contribution in [3.05, 3.63) is 58.7 Å². The normalized spacial score (nSPS) is 11.1. The Balaban J connectivity index is 2.05. The summed E-state index contributed by atoms with van der Waals surface area (Å²) in [6.07, 6.45) is 0. The second-order valence-electron chi connectivity index (χ2n) is 6.99. The molecule has 0 spiro atoms. The van der Waals surface area contributed by atoms with Gasteiger partial charge in [-0.25, -0.2) is 0 Å². The number of nitrogens with one attached hydrogen (secondary N) is 2. The lowest BCUT2D eigenvalue weighted by Crippen LogP contribution is -2.13. The predicted octanol–water partition coefficient (Wildman–Crippen LogP) is 6.03. The van der Waals surface area contributed by atoms with Gasteiger partial charge in [0.05, 0.1) is 6.67 Å². The molecule has 0 aliphatic carbocycles. The highest BCUT2D eigenvalue weighted by Gasteiger charge is 2.05. The lowest BCUT2D eigenvalue weighted by atomic mass is 10.0. The molecule has 0 saturated carbocycles. The first-order valence-electron chi connectivity index (χ1n) is 8.57.